The first-order valence-electron chi connectivity index (χ1n) is 6.37. The maximum absolute atomic E-state index is 12.3. The van der Waals surface area contributed by atoms with Crippen molar-refractivity contribution in [2.24, 2.45) is 0 Å². The summed E-state index contributed by atoms with van der Waals surface area (Å²) in [5, 5.41) is 4.11. The number of amides is 1. The Bertz CT molecular complexity index is 892. The number of halogens is 2. The second-order valence-electron chi connectivity index (χ2n) is 4.78. The molecule has 1 heterocycles. The average Bonchev–Trinajstić information content (AvgIpc) is 2.83. The van der Waals surface area contributed by atoms with Gasteiger partial charge in [0, 0.05) is 11.3 Å². The lowest BCUT2D eigenvalue weighted by Gasteiger charge is -2.07. The number of benzene rings is 2. The standard InChI is InChI=1S/C15H11Cl2N3OS/c1-7-4-9(6-12-13(7)20-15(18)22-12)19-14(21)8-2-3-10(16)11(17)5-8/h2-6H,1H3,(H2,18,20)(H,19,21). The van der Waals surface area contributed by atoms with E-state index in [1.807, 2.05) is 19.1 Å². The fourth-order valence-electron chi connectivity index (χ4n) is 2.13. The van der Waals surface area contributed by atoms with Crippen molar-refractivity contribution >= 4 is 61.5 Å². The van der Waals surface area contributed by atoms with Crippen LogP contribution in [0, 0.1) is 6.92 Å². The van der Waals surface area contributed by atoms with Crippen LogP contribution in [0.3, 0.4) is 0 Å². The highest BCUT2D eigenvalue weighted by molar-refractivity contribution is 7.22. The molecule has 0 saturated heterocycles. The van der Waals surface area contributed by atoms with Gasteiger partial charge in [0.25, 0.3) is 5.91 Å². The van der Waals surface area contributed by atoms with Gasteiger partial charge in [-0.3, -0.25) is 4.79 Å². The maximum atomic E-state index is 12.3. The van der Waals surface area contributed by atoms with E-state index in [-0.39, 0.29) is 5.91 Å². The van der Waals surface area contributed by atoms with Crippen molar-refractivity contribution in [2.75, 3.05) is 11.1 Å². The van der Waals surface area contributed by atoms with E-state index in [0.717, 1.165) is 15.8 Å². The van der Waals surface area contributed by atoms with Crippen LogP contribution in [0.5, 0.6) is 0 Å². The molecule has 0 atom stereocenters. The van der Waals surface area contributed by atoms with Crippen molar-refractivity contribution in [1.82, 2.24) is 4.98 Å². The second kappa shape index (κ2) is 5.76. The van der Waals surface area contributed by atoms with Gasteiger partial charge in [0.1, 0.15) is 0 Å². The molecule has 0 aliphatic carbocycles. The quantitative estimate of drug-likeness (QED) is 0.700. The van der Waals surface area contributed by atoms with Crippen LogP contribution in [0.4, 0.5) is 10.8 Å². The first kappa shape index (κ1) is 15.1. The van der Waals surface area contributed by atoms with Gasteiger partial charge in [-0.05, 0) is 42.8 Å². The molecule has 2 aromatic carbocycles. The molecule has 0 unspecified atom stereocenters. The Morgan fingerprint density at radius 1 is 1.23 bits per heavy atom. The van der Waals surface area contributed by atoms with Gasteiger partial charge in [-0.25, -0.2) is 4.98 Å². The Kier molecular flexibility index (Phi) is 3.95. The molecular formula is C15H11Cl2N3OS. The SMILES string of the molecule is Cc1cc(NC(=O)c2ccc(Cl)c(Cl)c2)cc2sc(N)nc12. The van der Waals surface area contributed by atoms with Crippen LogP contribution in [0.2, 0.25) is 10.0 Å². The highest BCUT2D eigenvalue weighted by Crippen LogP contribution is 2.30. The van der Waals surface area contributed by atoms with Crippen LogP contribution in [0.15, 0.2) is 30.3 Å². The third-order valence-electron chi connectivity index (χ3n) is 3.14. The molecule has 0 saturated carbocycles. The molecule has 3 aromatic rings. The van der Waals surface area contributed by atoms with Gasteiger partial charge >= 0.3 is 0 Å². The Morgan fingerprint density at radius 2 is 2.00 bits per heavy atom. The van der Waals surface area contributed by atoms with E-state index in [1.54, 1.807) is 12.1 Å². The number of hydrogen-bond donors (Lipinski definition) is 2. The summed E-state index contributed by atoms with van der Waals surface area (Å²) in [5.41, 5.74) is 8.66. The number of carbonyl (C=O) groups is 1. The zero-order chi connectivity index (χ0) is 15.9. The van der Waals surface area contributed by atoms with E-state index in [4.69, 9.17) is 28.9 Å². The van der Waals surface area contributed by atoms with Gasteiger partial charge in [-0.2, -0.15) is 0 Å². The highest BCUT2D eigenvalue weighted by Gasteiger charge is 2.11. The summed E-state index contributed by atoms with van der Waals surface area (Å²) >= 11 is 13.2. The second-order valence-corrected chi connectivity index (χ2v) is 6.65. The van der Waals surface area contributed by atoms with Crippen LogP contribution >= 0.6 is 34.5 Å². The first-order chi connectivity index (χ1) is 10.4. The van der Waals surface area contributed by atoms with E-state index in [2.05, 4.69) is 10.3 Å². The smallest absolute Gasteiger partial charge is 0.255 e. The molecule has 0 radical (unpaired) electrons. The molecular weight excluding hydrogens is 341 g/mol. The fraction of sp³-hybridized carbons (Fsp3) is 0.0667. The molecule has 0 fully saturated rings. The van der Waals surface area contributed by atoms with Gasteiger partial charge in [0.15, 0.2) is 5.13 Å². The molecule has 1 aromatic heterocycles. The lowest BCUT2D eigenvalue weighted by Crippen LogP contribution is -2.11. The van der Waals surface area contributed by atoms with E-state index in [9.17, 15) is 4.79 Å². The maximum Gasteiger partial charge on any atom is 0.255 e. The Hall–Kier alpha value is -1.82. The van der Waals surface area contributed by atoms with Crippen molar-refractivity contribution in [3.63, 3.8) is 0 Å². The number of aromatic nitrogens is 1. The molecule has 3 rings (SSSR count). The monoisotopic (exact) mass is 351 g/mol. The van der Waals surface area contributed by atoms with Crippen LogP contribution in [-0.2, 0) is 0 Å². The average molecular weight is 352 g/mol. The zero-order valence-corrected chi connectivity index (χ0v) is 13.8. The number of aryl methyl sites for hydroxylation is 1. The Morgan fingerprint density at radius 3 is 2.73 bits per heavy atom. The summed E-state index contributed by atoms with van der Waals surface area (Å²) in [5.74, 6) is -0.255. The van der Waals surface area contributed by atoms with E-state index in [1.165, 1.54) is 17.4 Å². The van der Waals surface area contributed by atoms with Crippen molar-refractivity contribution in [2.45, 2.75) is 6.92 Å². The van der Waals surface area contributed by atoms with Gasteiger partial charge < -0.3 is 11.1 Å². The number of anilines is 2. The third kappa shape index (κ3) is 2.88. The van der Waals surface area contributed by atoms with Crippen LogP contribution in [-0.4, -0.2) is 10.9 Å². The van der Waals surface area contributed by atoms with Crippen molar-refractivity contribution < 1.29 is 4.79 Å². The molecule has 4 nitrogen and oxygen atoms in total. The van der Waals surface area contributed by atoms with Gasteiger partial charge in [0.2, 0.25) is 0 Å². The summed E-state index contributed by atoms with van der Waals surface area (Å²) in [7, 11) is 0. The van der Waals surface area contributed by atoms with Crippen LogP contribution in [0.25, 0.3) is 10.2 Å². The predicted octanol–water partition coefficient (Wildman–Crippen LogP) is 4.75. The van der Waals surface area contributed by atoms with Gasteiger partial charge in [0.05, 0.1) is 20.3 Å². The number of nitrogens with two attached hydrogens (primary N) is 1. The van der Waals surface area contributed by atoms with E-state index < -0.39 is 0 Å². The molecule has 22 heavy (non-hydrogen) atoms. The minimum absolute atomic E-state index is 0.255. The predicted molar refractivity (Wildman–Crippen MR) is 93.2 cm³/mol. The van der Waals surface area contributed by atoms with E-state index >= 15 is 0 Å². The number of nitrogens with one attached hydrogen (secondary N) is 1. The summed E-state index contributed by atoms with van der Waals surface area (Å²) < 4.78 is 0.932. The Labute approximate surface area is 140 Å². The lowest BCUT2D eigenvalue weighted by atomic mass is 10.1. The molecule has 0 aliphatic heterocycles. The number of hydrogen-bond acceptors (Lipinski definition) is 4. The molecule has 0 aliphatic rings. The van der Waals surface area contributed by atoms with E-state index in [0.29, 0.717) is 26.4 Å². The van der Waals surface area contributed by atoms with Gasteiger partial charge in [-0.15, -0.1) is 0 Å². The summed E-state index contributed by atoms with van der Waals surface area (Å²) in [6.07, 6.45) is 0. The number of thiazole rings is 1. The van der Waals surface area contributed by atoms with Crippen molar-refractivity contribution in [3.05, 3.63) is 51.5 Å². The molecule has 0 bridgehead atoms. The number of fused-ring (bicyclic) bond motifs is 1. The topological polar surface area (TPSA) is 68.0 Å². The summed E-state index contributed by atoms with van der Waals surface area (Å²) in [6, 6.07) is 8.47. The summed E-state index contributed by atoms with van der Waals surface area (Å²) in [6.45, 7) is 1.93. The molecule has 0 spiro atoms. The normalized spacial score (nSPS) is 10.9. The molecule has 112 valence electrons. The highest BCUT2D eigenvalue weighted by atomic mass is 35.5. The lowest BCUT2D eigenvalue weighted by molar-refractivity contribution is 0.102. The number of rotatable bonds is 2. The number of nitrogens with zero attached hydrogens (tertiary/aromatic N) is 1. The fourth-order valence-corrected chi connectivity index (χ4v) is 3.28. The van der Waals surface area contributed by atoms with Crippen molar-refractivity contribution in [1.29, 1.82) is 0 Å². The zero-order valence-electron chi connectivity index (χ0n) is 11.5. The molecule has 3 N–H and O–H groups in total. The minimum atomic E-state index is -0.255. The number of carbonyl (C=O) groups excluding carboxylic acids is 1. The minimum Gasteiger partial charge on any atom is -0.375 e. The third-order valence-corrected chi connectivity index (χ3v) is 4.71. The summed E-state index contributed by atoms with van der Waals surface area (Å²) in [4.78, 5) is 16.5. The van der Waals surface area contributed by atoms with Gasteiger partial charge in [-0.1, -0.05) is 34.5 Å². The number of nitrogen functional groups attached to an aromatic ring is 1. The first-order valence-corrected chi connectivity index (χ1v) is 7.94. The largest absolute Gasteiger partial charge is 0.375 e. The molecule has 1 amide bonds. The van der Waals surface area contributed by atoms with Crippen LogP contribution < -0.4 is 11.1 Å². The molecule has 7 heteroatoms. The van der Waals surface area contributed by atoms with Crippen LogP contribution in [0.1, 0.15) is 15.9 Å². The van der Waals surface area contributed by atoms with Crippen molar-refractivity contribution in [3.8, 4) is 0 Å². The Balaban J connectivity index is 1.91.